The molecule has 0 aliphatic carbocycles. The highest BCUT2D eigenvalue weighted by molar-refractivity contribution is 5.76. The summed E-state index contributed by atoms with van der Waals surface area (Å²) in [7, 11) is 0. The number of aryl methyl sites for hydroxylation is 1. The van der Waals surface area contributed by atoms with Gasteiger partial charge < -0.3 is 5.32 Å². The van der Waals surface area contributed by atoms with Crippen molar-refractivity contribution in [2.75, 3.05) is 0 Å². The van der Waals surface area contributed by atoms with Crippen LogP contribution in [0.3, 0.4) is 0 Å². The van der Waals surface area contributed by atoms with Crippen LogP contribution in [0.15, 0.2) is 84.9 Å². The number of carbonyl (C=O) groups excluding carboxylic acids is 1. The second kappa shape index (κ2) is 9.91. The van der Waals surface area contributed by atoms with Crippen LogP contribution in [0.2, 0.25) is 0 Å². The maximum Gasteiger partial charge on any atom is 0.416 e. The van der Waals surface area contributed by atoms with E-state index in [1.54, 1.807) is 18.2 Å². The Kier molecular flexibility index (Phi) is 6.77. The first kappa shape index (κ1) is 23.2. The Hall–Kier alpha value is -3.94. The summed E-state index contributed by atoms with van der Waals surface area (Å²) in [5.41, 5.74) is 2.20. The lowest BCUT2D eigenvalue weighted by molar-refractivity contribution is -0.137. The molecule has 174 valence electrons. The fraction of sp³-hybridized carbons (Fsp3) is 0.154. The zero-order valence-corrected chi connectivity index (χ0v) is 18.0. The van der Waals surface area contributed by atoms with Gasteiger partial charge in [-0.1, -0.05) is 42.5 Å². The Morgan fingerprint density at radius 3 is 2.32 bits per heavy atom. The van der Waals surface area contributed by atoms with Gasteiger partial charge >= 0.3 is 6.18 Å². The van der Waals surface area contributed by atoms with Crippen molar-refractivity contribution in [1.82, 2.24) is 15.1 Å². The van der Waals surface area contributed by atoms with Crippen molar-refractivity contribution in [1.29, 1.82) is 0 Å². The molecule has 0 spiro atoms. The molecule has 0 aliphatic rings. The maximum atomic E-state index is 13.8. The van der Waals surface area contributed by atoms with Crippen molar-refractivity contribution < 1.29 is 22.4 Å². The molecule has 0 aliphatic heterocycles. The number of nitrogens with zero attached hydrogens (tertiary/aromatic N) is 2. The largest absolute Gasteiger partial charge is 0.416 e. The highest BCUT2D eigenvalue weighted by Crippen LogP contribution is 2.31. The van der Waals surface area contributed by atoms with Gasteiger partial charge in [0.1, 0.15) is 5.82 Å². The molecule has 0 atom stereocenters. The number of carbonyl (C=O) groups is 1. The Morgan fingerprint density at radius 1 is 0.912 bits per heavy atom. The molecule has 4 nitrogen and oxygen atoms in total. The summed E-state index contributed by atoms with van der Waals surface area (Å²) in [4.78, 5) is 12.3. The van der Waals surface area contributed by atoms with Crippen molar-refractivity contribution in [3.05, 3.63) is 108 Å². The minimum absolute atomic E-state index is 0.153. The second-order valence-corrected chi connectivity index (χ2v) is 7.75. The topological polar surface area (TPSA) is 46.9 Å². The van der Waals surface area contributed by atoms with Gasteiger partial charge in [-0.25, -0.2) is 9.07 Å². The maximum absolute atomic E-state index is 13.8. The van der Waals surface area contributed by atoms with Crippen LogP contribution in [0.1, 0.15) is 23.2 Å². The number of rotatable bonds is 7. The van der Waals surface area contributed by atoms with E-state index in [-0.39, 0.29) is 12.3 Å². The lowest BCUT2D eigenvalue weighted by atomic mass is 10.1. The van der Waals surface area contributed by atoms with Gasteiger partial charge in [0, 0.05) is 24.9 Å². The van der Waals surface area contributed by atoms with Gasteiger partial charge in [-0.2, -0.15) is 18.3 Å². The van der Waals surface area contributed by atoms with Gasteiger partial charge in [0.25, 0.3) is 0 Å². The van der Waals surface area contributed by atoms with Gasteiger partial charge in [0.15, 0.2) is 0 Å². The smallest absolute Gasteiger partial charge is 0.352 e. The number of halogens is 4. The Bertz CT molecular complexity index is 1270. The molecule has 0 fully saturated rings. The number of hydrogen-bond acceptors (Lipinski definition) is 2. The van der Waals surface area contributed by atoms with E-state index >= 15 is 0 Å². The molecule has 0 bridgehead atoms. The van der Waals surface area contributed by atoms with Gasteiger partial charge in [-0.05, 0) is 48.0 Å². The van der Waals surface area contributed by atoms with E-state index in [1.165, 1.54) is 28.9 Å². The highest BCUT2D eigenvalue weighted by Gasteiger charge is 2.30. The quantitative estimate of drug-likeness (QED) is 0.342. The zero-order chi connectivity index (χ0) is 24.1. The molecule has 4 rings (SSSR count). The van der Waals surface area contributed by atoms with Crippen molar-refractivity contribution in [2.24, 2.45) is 0 Å². The van der Waals surface area contributed by atoms with Crippen LogP contribution in [0.25, 0.3) is 16.9 Å². The Morgan fingerprint density at radius 2 is 1.65 bits per heavy atom. The van der Waals surface area contributed by atoms with Crippen molar-refractivity contribution in [2.45, 2.75) is 25.6 Å². The number of hydrogen-bond donors (Lipinski definition) is 1. The zero-order valence-electron chi connectivity index (χ0n) is 18.0. The first-order chi connectivity index (χ1) is 16.3. The number of amides is 1. The minimum atomic E-state index is -4.45. The molecule has 0 unspecified atom stereocenters. The molecule has 0 saturated carbocycles. The van der Waals surface area contributed by atoms with E-state index in [0.29, 0.717) is 35.6 Å². The number of benzene rings is 3. The van der Waals surface area contributed by atoms with Crippen LogP contribution in [0, 0.1) is 5.82 Å². The van der Waals surface area contributed by atoms with Crippen molar-refractivity contribution in [3.63, 3.8) is 0 Å². The number of nitrogens with one attached hydrogen (secondary N) is 1. The summed E-state index contributed by atoms with van der Waals surface area (Å²) >= 11 is 0. The van der Waals surface area contributed by atoms with Crippen LogP contribution in [0.5, 0.6) is 0 Å². The molecule has 3 aromatic carbocycles. The third kappa shape index (κ3) is 5.70. The molecular weight excluding hydrogens is 446 g/mol. The predicted octanol–water partition coefficient (Wildman–Crippen LogP) is 5.95. The molecule has 1 N–H and O–H groups in total. The molecule has 1 heterocycles. The van der Waals surface area contributed by atoms with E-state index in [1.807, 2.05) is 30.3 Å². The molecule has 0 saturated heterocycles. The molecule has 1 aromatic heterocycles. The second-order valence-electron chi connectivity index (χ2n) is 7.75. The monoisotopic (exact) mass is 467 g/mol. The molecule has 1 amide bonds. The molecule has 4 aromatic rings. The fourth-order valence-corrected chi connectivity index (χ4v) is 3.52. The molecular formula is C26H21F4N3O. The fourth-order valence-electron chi connectivity index (χ4n) is 3.52. The molecule has 34 heavy (non-hydrogen) atoms. The van der Waals surface area contributed by atoms with Gasteiger partial charge in [-0.3, -0.25) is 4.79 Å². The average Bonchev–Trinajstić information content (AvgIpc) is 3.26. The van der Waals surface area contributed by atoms with E-state index in [2.05, 4.69) is 10.4 Å². The Balaban J connectivity index is 1.55. The standard InChI is InChI=1S/C26H21F4N3O/c27-21-8-4-7-19(15-21)24-16-22(11-14-25(34)31-17-18-5-2-1-3-6-18)32-33(24)23-12-9-20(10-13-23)26(28,29)30/h1-10,12-13,15-16H,11,14,17H2,(H,31,34). The van der Waals surface area contributed by atoms with Crippen LogP contribution < -0.4 is 5.32 Å². The third-order valence-electron chi connectivity index (χ3n) is 5.26. The third-order valence-corrected chi connectivity index (χ3v) is 5.26. The lowest BCUT2D eigenvalue weighted by Crippen LogP contribution is -2.23. The highest BCUT2D eigenvalue weighted by atomic mass is 19.4. The normalized spacial score (nSPS) is 11.4. The van der Waals surface area contributed by atoms with Crippen molar-refractivity contribution >= 4 is 5.91 Å². The summed E-state index contributed by atoms with van der Waals surface area (Å²) in [5.74, 6) is -0.597. The first-order valence-corrected chi connectivity index (χ1v) is 10.6. The van der Waals surface area contributed by atoms with Crippen LogP contribution in [0.4, 0.5) is 17.6 Å². The lowest BCUT2D eigenvalue weighted by Gasteiger charge is -2.10. The summed E-state index contributed by atoms with van der Waals surface area (Å²) < 4.78 is 54.2. The van der Waals surface area contributed by atoms with E-state index in [0.717, 1.165) is 17.7 Å². The summed E-state index contributed by atoms with van der Waals surface area (Å²) in [6.45, 7) is 0.411. The van der Waals surface area contributed by atoms with Crippen LogP contribution >= 0.6 is 0 Å². The molecule has 0 radical (unpaired) electrons. The number of alkyl halides is 3. The number of aromatic nitrogens is 2. The Labute approximate surface area is 193 Å². The summed E-state index contributed by atoms with van der Waals surface area (Å²) in [6.07, 6.45) is -3.96. The predicted molar refractivity (Wildman–Crippen MR) is 121 cm³/mol. The van der Waals surface area contributed by atoms with Crippen LogP contribution in [-0.4, -0.2) is 15.7 Å². The van der Waals surface area contributed by atoms with Gasteiger partial charge in [0.05, 0.1) is 22.6 Å². The van der Waals surface area contributed by atoms with Crippen molar-refractivity contribution in [3.8, 4) is 16.9 Å². The van der Waals surface area contributed by atoms with Crippen LogP contribution in [-0.2, 0) is 23.9 Å². The summed E-state index contributed by atoms with van der Waals surface area (Å²) in [5, 5.41) is 7.35. The average molecular weight is 467 g/mol. The van der Waals surface area contributed by atoms with Gasteiger partial charge in [-0.15, -0.1) is 0 Å². The first-order valence-electron chi connectivity index (χ1n) is 10.6. The van der Waals surface area contributed by atoms with Gasteiger partial charge in [0.2, 0.25) is 5.91 Å². The minimum Gasteiger partial charge on any atom is -0.352 e. The van der Waals surface area contributed by atoms with E-state index < -0.39 is 17.6 Å². The summed E-state index contributed by atoms with van der Waals surface area (Å²) in [6, 6.07) is 21.7. The molecule has 8 heteroatoms. The SMILES string of the molecule is O=C(CCc1cc(-c2cccc(F)c2)n(-c2ccc(C(F)(F)F)cc2)n1)NCc1ccccc1. The van der Waals surface area contributed by atoms with E-state index in [9.17, 15) is 22.4 Å². The van der Waals surface area contributed by atoms with E-state index in [4.69, 9.17) is 0 Å².